The molecule has 108 valence electrons. The van der Waals surface area contributed by atoms with Gasteiger partial charge < -0.3 is 15.8 Å². The molecule has 0 unspecified atom stereocenters. The van der Waals surface area contributed by atoms with Crippen LogP contribution in [0.5, 0.6) is 5.75 Å². The second-order valence-corrected chi connectivity index (χ2v) is 4.12. The predicted octanol–water partition coefficient (Wildman–Crippen LogP) is 2.91. The number of nitrogens with one attached hydrogen (secondary N) is 1. The summed E-state index contributed by atoms with van der Waals surface area (Å²) in [6.07, 6.45) is 2.05. The van der Waals surface area contributed by atoms with Crippen molar-refractivity contribution in [1.29, 1.82) is 0 Å². The van der Waals surface area contributed by atoms with Gasteiger partial charge in [-0.2, -0.15) is 0 Å². The molecule has 0 aromatic heterocycles. The van der Waals surface area contributed by atoms with Gasteiger partial charge in [0.2, 0.25) is 0 Å². The van der Waals surface area contributed by atoms with E-state index in [1.165, 1.54) is 0 Å². The Morgan fingerprint density at radius 3 is 2.79 bits per heavy atom. The first-order valence-corrected chi connectivity index (χ1v) is 6.51. The first-order valence-electron chi connectivity index (χ1n) is 6.51. The molecule has 1 aromatic carbocycles. The standard InChI is InChI=1S/C14H23N3O.HI/c1-3-8-16-14(15)17-11-12-6-5-7-13(10-12)18-9-4-2;/h5-7,10H,3-4,8-9,11H2,1-2H3,(H3,15,16,17);1H. The van der Waals surface area contributed by atoms with E-state index in [9.17, 15) is 0 Å². The fourth-order valence-electron chi connectivity index (χ4n) is 1.44. The number of guanidine groups is 1. The maximum absolute atomic E-state index is 5.73. The van der Waals surface area contributed by atoms with Gasteiger partial charge in [-0.25, -0.2) is 4.99 Å². The number of benzene rings is 1. The molecule has 3 N–H and O–H groups in total. The van der Waals surface area contributed by atoms with Crippen LogP contribution >= 0.6 is 24.0 Å². The average molecular weight is 377 g/mol. The van der Waals surface area contributed by atoms with Crippen LogP contribution in [-0.4, -0.2) is 19.1 Å². The highest BCUT2D eigenvalue weighted by Crippen LogP contribution is 2.14. The van der Waals surface area contributed by atoms with Crippen LogP contribution < -0.4 is 15.8 Å². The van der Waals surface area contributed by atoms with Crippen LogP contribution in [0.3, 0.4) is 0 Å². The lowest BCUT2D eigenvalue weighted by Crippen LogP contribution is -2.32. The van der Waals surface area contributed by atoms with Crippen LogP contribution in [0, 0.1) is 0 Å². The quantitative estimate of drug-likeness (QED) is 0.437. The molecule has 0 saturated carbocycles. The first-order chi connectivity index (χ1) is 8.76. The van der Waals surface area contributed by atoms with Gasteiger partial charge in [-0.1, -0.05) is 26.0 Å². The van der Waals surface area contributed by atoms with Gasteiger partial charge in [0.25, 0.3) is 0 Å². The monoisotopic (exact) mass is 377 g/mol. The number of nitrogens with two attached hydrogens (primary N) is 1. The van der Waals surface area contributed by atoms with E-state index in [-0.39, 0.29) is 24.0 Å². The molecule has 0 fully saturated rings. The molecule has 0 bridgehead atoms. The molecule has 5 heteroatoms. The lowest BCUT2D eigenvalue weighted by Gasteiger charge is -2.06. The number of aliphatic imine (C=N–C) groups is 1. The van der Waals surface area contributed by atoms with E-state index in [2.05, 4.69) is 24.2 Å². The molecular formula is C14H24IN3O. The minimum atomic E-state index is 0. The van der Waals surface area contributed by atoms with Crippen molar-refractivity contribution in [1.82, 2.24) is 5.32 Å². The van der Waals surface area contributed by atoms with Gasteiger partial charge in [0.05, 0.1) is 13.2 Å². The van der Waals surface area contributed by atoms with Crippen LogP contribution in [0.2, 0.25) is 0 Å². The Morgan fingerprint density at radius 2 is 2.11 bits per heavy atom. The van der Waals surface area contributed by atoms with Crippen LogP contribution in [0.15, 0.2) is 29.3 Å². The maximum Gasteiger partial charge on any atom is 0.188 e. The molecule has 0 spiro atoms. The highest BCUT2D eigenvalue weighted by molar-refractivity contribution is 14.0. The zero-order valence-corrected chi connectivity index (χ0v) is 14.0. The minimum absolute atomic E-state index is 0. The Bertz CT molecular complexity index is 383. The van der Waals surface area contributed by atoms with E-state index in [1.54, 1.807) is 0 Å². The van der Waals surface area contributed by atoms with Crippen LogP contribution in [-0.2, 0) is 6.54 Å². The molecule has 1 aromatic rings. The van der Waals surface area contributed by atoms with E-state index in [0.29, 0.717) is 12.5 Å². The van der Waals surface area contributed by atoms with E-state index in [4.69, 9.17) is 10.5 Å². The van der Waals surface area contributed by atoms with Crippen molar-refractivity contribution in [3.05, 3.63) is 29.8 Å². The van der Waals surface area contributed by atoms with Gasteiger partial charge in [0.15, 0.2) is 5.96 Å². The van der Waals surface area contributed by atoms with Crippen molar-refractivity contribution in [3.8, 4) is 5.75 Å². The molecule has 0 heterocycles. The Morgan fingerprint density at radius 1 is 1.32 bits per heavy atom. The molecule has 4 nitrogen and oxygen atoms in total. The van der Waals surface area contributed by atoms with Crippen molar-refractivity contribution in [2.45, 2.75) is 33.2 Å². The number of nitrogens with zero attached hydrogens (tertiary/aromatic N) is 1. The first kappa shape index (κ1) is 18.0. The molecule has 0 aliphatic heterocycles. The summed E-state index contributed by atoms with van der Waals surface area (Å²) < 4.78 is 5.57. The SMILES string of the molecule is CCCNC(N)=NCc1cccc(OCCC)c1.I. The van der Waals surface area contributed by atoms with Crippen molar-refractivity contribution in [2.75, 3.05) is 13.2 Å². The predicted molar refractivity (Wildman–Crippen MR) is 91.3 cm³/mol. The third-order valence-corrected chi connectivity index (χ3v) is 2.36. The number of halogens is 1. The van der Waals surface area contributed by atoms with Crippen molar-refractivity contribution >= 4 is 29.9 Å². The van der Waals surface area contributed by atoms with E-state index in [0.717, 1.165) is 37.3 Å². The smallest absolute Gasteiger partial charge is 0.188 e. The number of hydrogen-bond acceptors (Lipinski definition) is 2. The fraction of sp³-hybridized carbons (Fsp3) is 0.500. The highest BCUT2D eigenvalue weighted by atomic mass is 127. The zero-order valence-electron chi connectivity index (χ0n) is 11.7. The molecule has 0 aliphatic rings. The van der Waals surface area contributed by atoms with E-state index >= 15 is 0 Å². The van der Waals surface area contributed by atoms with Crippen LogP contribution in [0.1, 0.15) is 32.3 Å². The maximum atomic E-state index is 5.73. The van der Waals surface area contributed by atoms with Crippen LogP contribution in [0.25, 0.3) is 0 Å². The summed E-state index contributed by atoms with van der Waals surface area (Å²) in [6.45, 7) is 6.36. The normalized spacial score (nSPS) is 10.7. The van der Waals surface area contributed by atoms with Crippen LogP contribution in [0.4, 0.5) is 0 Å². The van der Waals surface area contributed by atoms with Gasteiger partial charge in [0, 0.05) is 6.54 Å². The van der Waals surface area contributed by atoms with Crippen molar-refractivity contribution < 1.29 is 4.74 Å². The number of ether oxygens (including phenoxy) is 1. The molecule has 0 amide bonds. The van der Waals surface area contributed by atoms with Gasteiger partial charge >= 0.3 is 0 Å². The minimum Gasteiger partial charge on any atom is -0.494 e. The molecule has 0 atom stereocenters. The number of hydrogen-bond donors (Lipinski definition) is 2. The molecule has 0 saturated heterocycles. The lowest BCUT2D eigenvalue weighted by atomic mass is 10.2. The Hall–Kier alpha value is -0.980. The second-order valence-electron chi connectivity index (χ2n) is 4.12. The van der Waals surface area contributed by atoms with Crippen molar-refractivity contribution in [2.24, 2.45) is 10.7 Å². The van der Waals surface area contributed by atoms with E-state index in [1.807, 2.05) is 24.3 Å². The molecule has 19 heavy (non-hydrogen) atoms. The summed E-state index contributed by atoms with van der Waals surface area (Å²) in [5.74, 6) is 1.39. The average Bonchev–Trinajstić information content (AvgIpc) is 2.41. The summed E-state index contributed by atoms with van der Waals surface area (Å²) in [7, 11) is 0. The summed E-state index contributed by atoms with van der Waals surface area (Å²) in [5, 5.41) is 3.05. The topological polar surface area (TPSA) is 59.6 Å². The van der Waals surface area contributed by atoms with Gasteiger partial charge in [-0.15, -0.1) is 24.0 Å². The zero-order chi connectivity index (χ0) is 13.2. The Kier molecular flexibility index (Phi) is 10.3. The van der Waals surface area contributed by atoms with Gasteiger partial charge in [-0.3, -0.25) is 0 Å². The highest BCUT2D eigenvalue weighted by Gasteiger charge is 1.97. The van der Waals surface area contributed by atoms with Gasteiger partial charge in [-0.05, 0) is 30.5 Å². The summed E-state index contributed by atoms with van der Waals surface area (Å²) in [5.41, 5.74) is 6.84. The third kappa shape index (κ3) is 7.92. The van der Waals surface area contributed by atoms with E-state index < -0.39 is 0 Å². The summed E-state index contributed by atoms with van der Waals surface area (Å²) >= 11 is 0. The second kappa shape index (κ2) is 10.9. The third-order valence-electron chi connectivity index (χ3n) is 2.36. The lowest BCUT2D eigenvalue weighted by molar-refractivity contribution is 0.317. The Balaban J connectivity index is 0.00000324. The Labute approximate surface area is 132 Å². The van der Waals surface area contributed by atoms with Crippen molar-refractivity contribution in [3.63, 3.8) is 0 Å². The van der Waals surface area contributed by atoms with Gasteiger partial charge in [0.1, 0.15) is 5.75 Å². The molecule has 0 radical (unpaired) electrons. The molecular weight excluding hydrogens is 353 g/mol. The number of rotatable bonds is 7. The molecule has 0 aliphatic carbocycles. The summed E-state index contributed by atoms with van der Waals surface area (Å²) in [6, 6.07) is 7.97. The largest absolute Gasteiger partial charge is 0.494 e. The fourth-order valence-corrected chi connectivity index (χ4v) is 1.44. The summed E-state index contributed by atoms with van der Waals surface area (Å²) in [4.78, 5) is 4.28. The molecule has 1 rings (SSSR count).